The third kappa shape index (κ3) is 9.27. The molecule has 1 N–H and O–H groups in total. The van der Waals surface area contributed by atoms with E-state index in [4.69, 9.17) is 9.47 Å². The predicted octanol–water partition coefficient (Wildman–Crippen LogP) is 7.29. The Balaban J connectivity index is 1.36. The third-order valence-electron chi connectivity index (χ3n) is 8.10. The summed E-state index contributed by atoms with van der Waals surface area (Å²) in [5.41, 5.74) is 3.70. The van der Waals surface area contributed by atoms with Crippen LogP contribution in [0.15, 0.2) is 60.7 Å². The molecule has 1 aliphatic heterocycles. The average molecular weight is 563 g/mol. The summed E-state index contributed by atoms with van der Waals surface area (Å²) in [5, 5.41) is 3.35. The van der Waals surface area contributed by atoms with Gasteiger partial charge in [0.15, 0.2) is 5.78 Å². The van der Waals surface area contributed by atoms with Crippen LogP contribution in [0.4, 0.5) is 10.1 Å². The van der Waals surface area contributed by atoms with Gasteiger partial charge in [-0.2, -0.15) is 0 Å². The average Bonchev–Trinajstić information content (AvgIpc) is 3.26. The van der Waals surface area contributed by atoms with E-state index in [1.807, 2.05) is 13.0 Å². The van der Waals surface area contributed by atoms with Crippen LogP contribution in [0.5, 0.6) is 5.75 Å². The molecule has 3 atom stereocenters. The molecule has 5 nitrogen and oxygen atoms in total. The van der Waals surface area contributed by atoms with E-state index in [9.17, 15) is 9.18 Å². The van der Waals surface area contributed by atoms with Gasteiger partial charge < -0.3 is 14.8 Å². The molecule has 0 radical (unpaired) electrons. The number of nitrogens with one attached hydrogen (secondary N) is 1. The summed E-state index contributed by atoms with van der Waals surface area (Å²) >= 11 is 0. The molecule has 3 unspecified atom stereocenters. The van der Waals surface area contributed by atoms with Gasteiger partial charge in [0.25, 0.3) is 0 Å². The second kappa shape index (κ2) is 15.3. The summed E-state index contributed by atoms with van der Waals surface area (Å²) in [6.45, 7) is 10.5. The van der Waals surface area contributed by atoms with Crippen molar-refractivity contribution in [2.45, 2.75) is 91.0 Å². The normalized spacial score (nSPS) is 20.6. The first-order valence-electron chi connectivity index (χ1n) is 15.3. The molecule has 1 saturated heterocycles. The molecular formula is C35H47FN2O3. The Hall–Kier alpha value is -2.96. The maximum absolute atomic E-state index is 14.7. The molecule has 0 saturated carbocycles. The van der Waals surface area contributed by atoms with Crippen molar-refractivity contribution in [2.75, 3.05) is 25.1 Å². The summed E-state index contributed by atoms with van der Waals surface area (Å²) in [5.74, 6) is 1.32. The Labute approximate surface area is 245 Å². The van der Waals surface area contributed by atoms with Crippen LogP contribution in [0, 0.1) is 11.7 Å². The van der Waals surface area contributed by atoms with Crippen molar-refractivity contribution in [3.63, 3.8) is 0 Å². The van der Waals surface area contributed by atoms with E-state index < -0.39 is 0 Å². The van der Waals surface area contributed by atoms with Gasteiger partial charge in [-0.05, 0) is 95.0 Å². The number of carbonyl (C=O) groups is 1. The van der Waals surface area contributed by atoms with E-state index in [2.05, 4.69) is 73.5 Å². The third-order valence-corrected chi connectivity index (χ3v) is 8.10. The summed E-state index contributed by atoms with van der Waals surface area (Å²) in [4.78, 5) is 14.5. The Bertz CT molecular complexity index is 1210. The van der Waals surface area contributed by atoms with E-state index in [1.165, 1.54) is 36.5 Å². The lowest BCUT2D eigenvalue weighted by molar-refractivity contribution is -0.123. The number of allylic oxidation sites excluding steroid dienone is 3. The molecule has 4 rings (SSSR count). The molecule has 1 fully saturated rings. The standard InChI is InChI=1S/C35H47FN2O3/c1-5-40-24-33(39)17-15-29-14-16-31(22-34(29)36)37-19-18-28-12-13-30(35(21-28)41-25(2)3)23-38-26(4)10-11-27-8-6-7-9-32(38)20-27/h6-9,12-14,16,21-22,25-27,32,37H,5,10-11,15,17-20,23-24H2,1-4H3. The van der Waals surface area contributed by atoms with Crippen molar-refractivity contribution in [2.24, 2.45) is 5.92 Å². The maximum Gasteiger partial charge on any atom is 0.158 e. The monoisotopic (exact) mass is 562 g/mol. The van der Waals surface area contributed by atoms with Gasteiger partial charge in [-0.15, -0.1) is 0 Å². The van der Waals surface area contributed by atoms with Crippen molar-refractivity contribution in [1.82, 2.24) is 4.90 Å². The fraction of sp³-hybridized carbons (Fsp3) is 0.514. The minimum absolute atomic E-state index is 0.00608. The fourth-order valence-corrected chi connectivity index (χ4v) is 5.78. The molecular weight excluding hydrogens is 515 g/mol. The van der Waals surface area contributed by atoms with Gasteiger partial charge in [-0.3, -0.25) is 9.69 Å². The topological polar surface area (TPSA) is 50.8 Å². The van der Waals surface area contributed by atoms with Crippen LogP contribution in [-0.2, 0) is 28.9 Å². The Kier molecular flexibility index (Phi) is 11.6. The maximum atomic E-state index is 14.7. The number of hydrogen-bond acceptors (Lipinski definition) is 5. The second-order valence-electron chi connectivity index (χ2n) is 11.7. The summed E-state index contributed by atoms with van der Waals surface area (Å²) in [7, 11) is 0. The fourth-order valence-electron chi connectivity index (χ4n) is 5.78. The van der Waals surface area contributed by atoms with E-state index in [0.717, 1.165) is 24.4 Å². The number of rotatable bonds is 14. The highest BCUT2D eigenvalue weighted by Gasteiger charge is 2.29. The summed E-state index contributed by atoms with van der Waals surface area (Å²) in [6.07, 6.45) is 14.3. The molecule has 0 spiro atoms. The Morgan fingerprint density at radius 2 is 1.88 bits per heavy atom. The molecule has 0 amide bonds. The zero-order chi connectivity index (χ0) is 29.2. The first kappa shape index (κ1) is 31.0. The van der Waals surface area contributed by atoms with Crippen LogP contribution < -0.4 is 10.1 Å². The molecule has 6 heteroatoms. The van der Waals surface area contributed by atoms with Crippen LogP contribution in [-0.4, -0.2) is 48.6 Å². The number of hydrogen-bond donors (Lipinski definition) is 1. The molecule has 2 aromatic rings. The van der Waals surface area contributed by atoms with Crippen LogP contribution in [0.2, 0.25) is 0 Å². The largest absolute Gasteiger partial charge is 0.491 e. The van der Waals surface area contributed by atoms with Crippen molar-refractivity contribution < 1.29 is 18.7 Å². The van der Waals surface area contributed by atoms with Gasteiger partial charge in [-0.25, -0.2) is 4.39 Å². The van der Waals surface area contributed by atoms with Gasteiger partial charge in [-0.1, -0.05) is 42.5 Å². The molecule has 1 aliphatic carbocycles. The van der Waals surface area contributed by atoms with E-state index in [-0.39, 0.29) is 30.7 Å². The van der Waals surface area contributed by atoms with E-state index in [0.29, 0.717) is 43.1 Å². The zero-order valence-electron chi connectivity index (χ0n) is 25.2. The number of halogens is 1. The number of Topliss-reactive ketones (excluding diaryl/α,β-unsaturated/α-hetero) is 1. The predicted molar refractivity (Wildman–Crippen MR) is 165 cm³/mol. The van der Waals surface area contributed by atoms with Gasteiger partial charge in [0, 0.05) is 49.5 Å². The van der Waals surface area contributed by atoms with E-state index >= 15 is 0 Å². The number of carbonyl (C=O) groups excluding carboxylic acids is 1. The van der Waals surface area contributed by atoms with Gasteiger partial charge in [0.2, 0.25) is 0 Å². The zero-order valence-corrected chi connectivity index (χ0v) is 25.2. The number of likely N-dealkylation sites (tertiary alicyclic amines) is 1. The number of aryl methyl sites for hydroxylation is 1. The lowest BCUT2D eigenvalue weighted by Crippen LogP contribution is -2.39. The number of ether oxygens (including phenoxy) is 2. The van der Waals surface area contributed by atoms with Gasteiger partial charge in [0.1, 0.15) is 18.2 Å². The van der Waals surface area contributed by atoms with Crippen LogP contribution in [0.1, 0.15) is 70.1 Å². The quantitative estimate of drug-likeness (QED) is 0.262. The lowest BCUT2D eigenvalue weighted by atomic mass is 9.97. The number of benzene rings is 2. The molecule has 2 aromatic carbocycles. The van der Waals surface area contributed by atoms with Crippen molar-refractivity contribution in [1.29, 1.82) is 0 Å². The van der Waals surface area contributed by atoms with Gasteiger partial charge >= 0.3 is 0 Å². The van der Waals surface area contributed by atoms with E-state index in [1.54, 1.807) is 6.07 Å². The number of anilines is 1. The number of nitrogens with zero attached hydrogens (tertiary/aromatic N) is 1. The Morgan fingerprint density at radius 1 is 1.07 bits per heavy atom. The summed E-state index contributed by atoms with van der Waals surface area (Å²) < 4.78 is 26.1. The molecule has 2 aliphatic rings. The molecule has 0 aromatic heterocycles. The first-order chi connectivity index (χ1) is 19.8. The number of ketones is 1. The van der Waals surface area contributed by atoms with Crippen LogP contribution >= 0.6 is 0 Å². The van der Waals surface area contributed by atoms with Crippen molar-refractivity contribution in [3.05, 3.63) is 83.2 Å². The molecule has 1 heterocycles. The van der Waals surface area contributed by atoms with Crippen molar-refractivity contribution >= 4 is 11.5 Å². The highest BCUT2D eigenvalue weighted by Crippen LogP contribution is 2.33. The van der Waals surface area contributed by atoms with Crippen molar-refractivity contribution in [3.8, 4) is 5.75 Å². The Morgan fingerprint density at radius 3 is 2.66 bits per heavy atom. The molecule has 222 valence electrons. The SMILES string of the molecule is CCOCC(=O)CCc1ccc(NCCc2ccc(CN3C(C)CCC4C=CC=CC3C4)c(OC(C)C)c2)cc1F. The molecule has 2 bridgehead atoms. The highest BCUT2D eigenvalue weighted by molar-refractivity contribution is 5.79. The highest BCUT2D eigenvalue weighted by atomic mass is 19.1. The van der Waals surface area contributed by atoms with Crippen LogP contribution in [0.3, 0.4) is 0 Å². The second-order valence-corrected chi connectivity index (χ2v) is 11.7. The smallest absolute Gasteiger partial charge is 0.158 e. The number of fused-ring (bicyclic) bond motifs is 2. The van der Waals surface area contributed by atoms with Gasteiger partial charge in [0.05, 0.1) is 6.10 Å². The minimum Gasteiger partial charge on any atom is -0.491 e. The van der Waals surface area contributed by atoms with Crippen LogP contribution in [0.25, 0.3) is 0 Å². The minimum atomic E-state index is -0.287. The lowest BCUT2D eigenvalue weighted by Gasteiger charge is -2.34. The summed E-state index contributed by atoms with van der Waals surface area (Å²) in [6, 6.07) is 12.7. The molecule has 41 heavy (non-hydrogen) atoms. The first-order valence-corrected chi connectivity index (χ1v) is 15.3.